The summed E-state index contributed by atoms with van der Waals surface area (Å²) in [5.41, 5.74) is 9.34. The molecule has 0 amide bonds. The van der Waals surface area contributed by atoms with Crippen molar-refractivity contribution in [3.8, 4) is 0 Å². The predicted octanol–water partition coefficient (Wildman–Crippen LogP) is 6.28. The summed E-state index contributed by atoms with van der Waals surface area (Å²) in [5.74, 6) is 0. The van der Waals surface area contributed by atoms with Crippen LogP contribution < -0.4 is 14.9 Å². The number of nitrogens with one attached hydrogen (secondary N) is 1. The Balaban J connectivity index is 1.60. The van der Waals surface area contributed by atoms with E-state index in [1.165, 1.54) is 24.1 Å². The number of hydrogen-bond donors (Lipinski definition) is 1. The van der Waals surface area contributed by atoms with Crippen molar-refractivity contribution in [3.05, 3.63) is 82.9 Å². The van der Waals surface area contributed by atoms with Gasteiger partial charge in [0.1, 0.15) is 0 Å². The van der Waals surface area contributed by atoms with E-state index in [2.05, 4.69) is 71.3 Å². The molecule has 2 saturated heterocycles. The van der Waals surface area contributed by atoms with Crippen LogP contribution in [-0.4, -0.2) is 24.5 Å². The van der Waals surface area contributed by atoms with Crippen molar-refractivity contribution in [1.82, 2.24) is 10.3 Å². The number of allylic oxidation sites excluding steroid dienone is 3. The fourth-order valence-corrected chi connectivity index (χ4v) is 9.17. The van der Waals surface area contributed by atoms with Crippen LogP contribution in [0.3, 0.4) is 0 Å². The lowest BCUT2D eigenvalue weighted by Gasteiger charge is -2.41. The molecular formula is C27H33N4OP. The van der Waals surface area contributed by atoms with Crippen molar-refractivity contribution in [1.29, 1.82) is 0 Å². The molecule has 3 aliphatic heterocycles. The van der Waals surface area contributed by atoms with E-state index in [0.29, 0.717) is 0 Å². The van der Waals surface area contributed by atoms with E-state index in [1.54, 1.807) is 0 Å². The van der Waals surface area contributed by atoms with E-state index >= 15 is 4.57 Å². The van der Waals surface area contributed by atoms with Crippen molar-refractivity contribution >= 4 is 18.8 Å². The first-order valence-corrected chi connectivity index (χ1v) is 13.9. The minimum atomic E-state index is -3.18. The SMILES string of the molecule is CC1(C)C=C2NN(c3ccccc3)[P@](=O)(N3CCCc4ccccc43)C2=C(N2CCCC2)C1. The van der Waals surface area contributed by atoms with Crippen LogP contribution in [-0.2, 0) is 11.0 Å². The topological polar surface area (TPSA) is 38.8 Å². The second kappa shape index (κ2) is 7.70. The maximum atomic E-state index is 15.7. The molecule has 0 radical (unpaired) electrons. The van der Waals surface area contributed by atoms with E-state index in [0.717, 1.165) is 61.3 Å². The molecule has 4 aliphatic rings. The van der Waals surface area contributed by atoms with Gasteiger partial charge in [-0.1, -0.05) is 56.3 Å². The molecule has 0 saturated carbocycles. The monoisotopic (exact) mass is 460 g/mol. The van der Waals surface area contributed by atoms with E-state index in [9.17, 15) is 0 Å². The average Bonchev–Trinajstić information content (AvgIpc) is 3.45. The van der Waals surface area contributed by atoms with Gasteiger partial charge in [0.25, 0.3) is 0 Å². The van der Waals surface area contributed by atoms with Crippen LogP contribution >= 0.6 is 7.44 Å². The molecular weight excluding hydrogens is 427 g/mol. The quantitative estimate of drug-likeness (QED) is 0.546. The first kappa shape index (κ1) is 20.9. The Bertz CT molecular complexity index is 1180. The van der Waals surface area contributed by atoms with Crippen LogP contribution in [0, 0.1) is 5.41 Å². The number of fused-ring (bicyclic) bond motifs is 2. The smallest absolute Gasteiger partial charge is 0.314 e. The molecule has 0 aromatic heterocycles. The number of likely N-dealkylation sites (tertiary alicyclic amines) is 1. The van der Waals surface area contributed by atoms with E-state index in [-0.39, 0.29) is 5.41 Å². The molecule has 2 aromatic rings. The van der Waals surface area contributed by atoms with Gasteiger partial charge in [-0.3, -0.25) is 9.99 Å². The maximum absolute atomic E-state index is 15.7. The molecule has 5 nitrogen and oxygen atoms in total. The lowest BCUT2D eigenvalue weighted by Crippen LogP contribution is -2.36. The van der Waals surface area contributed by atoms with Gasteiger partial charge in [0.05, 0.1) is 16.7 Å². The van der Waals surface area contributed by atoms with Crippen molar-refractivity contribution in [2.24, 2.45) is 5.41 Å². The lowest BCUT2D eigenvalue weighted by atomic mass is 9.83. The van der Waals surface area contributed by atoms with Crippen LogP contribution in [0.4, 0.5) is 11.4 Å². The average molecular weight is 461 g/mol. The molecule has 6 heteroatoms. The van der Waals surface area contributed by atoms with Crippen molar-refractivity contribution in [3.63, 3.8) is 0 Å². The lowest BCUT2D eigenvalue weighted by molar-refractivity contribution is 0.344. The molecule has 0 spiro atoms. The third kappa shape index (κ3) is 3.32. The normalized spacial score (nSPS) is 26.1. The van der Waals surface area contributed by atoms with Crippen LogP contribution in [0.5, 0.6) is 0 Å². The minimum Gasteiger partial charge on any atom is -0.374 e. The van der Waals surface area contributed by atoms with Crippen LogP contribution in [0.1, 0.15) is 45.1 Å². The predicted molar refractivity (Wildman–Crippen MR) is 136 cm³/mol. The molecule has 1 atom stereocenters. The Morgan fingerprint density at radius 1 is 0.909 bits per heavy atom. The summed E-state index contributed by atoms with van der Waals surface area (Å²) >= 11 is 0. The minimum absolute atomic E-state index is 0.0150. The molecule has 3 heterocycles. The van der Waals surface area contributed by atoms with Gasteiger partial charge in [0, 0.05) is 31.0 Å². The maximum Gasteiger partial charge on any atom is 0.314 e. The van der Waals surface area contributed by atoms with Gasteiger partial charge in [-0.05, 0) is 61.3 Å². The highest BCUT2D eigenvalue weighted by Gasteiger charge is 2.54. The van der Waals surface area contributed by atoms with Gasteiger partial charge in [0.2, 0.25) is 0 Å². The van der Waals surface area contributed by atoms with Gasteiger partial charge in [0.15, 0.2) is 0 Å². The first-order valence-electron chi connectivity index (χ1n) is 12.3. The summed E-state index contributed by atoms with van der Waals surface area (Å²) in [5, 5.41) is 1.03. The molecule has 6 rings (SSSR count). The van der Waals surface area contributed by atoms with E-state index < -0.39 is 7.44 Å². The standard InChI is InChI=1S/C27H33N4OP/c1-27(2)19-23-26(25(20-27)29-16-8-9-17-29)33(32,31(28-23)22-13-4-3-5-14-22)30-18-10-12-21-11-6-7-15-24(21)30/h3-7,11,13-15,19,28H,8-10,12,16-18,20H2,1-2H3/t33-/m1/s1. The van der Waals surface area contributed by atoms with Gasteiger partial charge in [-0.2, -0.15) is 0 Å². The number of rotatable bonds is 3. The summed E-state index contributed by atoms with van der Waals surface area (Å²) in [6, 6.07) is 18.7. The number of para-hydroxylation sites is 2. The van der Waals surface area contributed by atoms with Crippen LogP contribution in [0.15, 0.2) is 77.4 Å². The van der Waals surface area contributed by atoms with E-state index in [4.69, 9.17) is 0 Å². The summed E-state index contributed by atoms with van der Waals surface area (Å²) in [4.78, 5) is 2.52. The second-order valence-corrected chi connectivity index (χ2v) is 12.8. The molecule has 2 aromatic carbocycles. The third-order valence-corrected chi connectivity index (χ3v) is 10.4. The molecule has 33 heavy (non-hydrogen) atoms. The highest BCUT2D eigenvalue weighted by molar-refractivity contribution is 7.72. The summed E-state index contributed by atoms with van der Waals surface area (Å²) in [7, 11) is -3.18. The van der Waals surface area contributed by atoms with Crippen molar-refractivity contribution in [2.45, 2.75) is 46.0 Å². The molecule has 2 fully saturated rings. The number of nitrogens with zero attached hydrogens (tertiary/aromatic N) is 3. The number of hydrogen-bond acceptors (Lipinski definition) is 3. The van der Waals surface area contributed by atoms with Crippen molar-refractivity contribution in [2.75, 3.05) is 29.1 Å². The summed E-state index contributed by atoms with van der Waals surface area (Å²) in [6.07, 6.45) is 7.72. The molecule has 1 N–H and O–H groups in total. The zero-order valence-electron chi connectivity index (χ0n) is 19.6. The number of anilines is 2. The Hall–Kier alpha value is -2.65. The van der Waals surface area contributed by atoms with Gasteiger partial charge >= 0.3 is 7.44 Å². The largest absolute Gasteiger partial charge is 0.374 e. The highest BCUT2D eigenvalue weighted by Crippen LogP contribution is 2.70. The first-order chi connectivity index (χ1) is 16.0. The molecule has 0 unspecified atom stereocenters. The van der Waals surface area contributed by atoms with Crippen molar-refractivity contribution < 1.29 is 4.57 Å². The fourth-order valence-electron chi connectivity index (χ4n) is 5.94. The number of aryl methyl sites for hydroxylation is 1. The molecule has 172 valence electrons. The van der Waals surface area contributed by atoms with E-state index in [1.807, 2.05) is 23.0 Å². The number of hydrazine groups is 1. The van der Waals surface area contributed by atoms with Crippen LogP contribution in [0.25, 0.3) is 0 Å². The highest BCUT2D eigenvalue weighted by atomic mass is 31.2. The Kier molecular flexibility index (Phi) is 4.88. The summed E-state index contributed by atoms with van der Waals surface area (Å²) in [6.45, 7) is 7.50. The molecule has 0 bridgehead atoms. The Morgan fingerprint density at radius 3 is 2.42 bits per heavy atom. The second-order valence-electron chi connectivity index (χ2n) is 10.4. The van der Waals surface area contributed by atoms with Gasteiger partial charge in [-0.15, -0.1) is 0 Å². The third-order valence-electron chi connectivity index (χ3n) is 7.38. The van der Waals surface area contributed by atoms with Gasteiger partial charge in [-0.25, -0.2) is 4.78 Å². The summed E-state index contributed by atoms with van der Waals surface area (Å²) < 4.78 is 19.9. The van der Waals surface area contributed by atoms with Gasteiger partial charge < -0.3 is 9.57 Å². The Labute approximate surface area is 197 Å². The molecule has 1 aliphatic carbocycles. The number of benzene rings is 2. The zero-order valence-corrected chi connectivity index (χ0v) is 20.5. The zero-order chi connectivity index (χ0) is 22.6. The van der Waals surface area contributed by atoms with Crippen LogP contribution in [0.2, 0.25) is 0 Å². The Morgan fingerprint density at radius 2 is 1.64 bits per heavy atom. The fraction of sp³-hybridized carbons (Fsp3) is 0.407.